The summed E-state index contributed by atoms with van der Waals surface area (Å²) in [5.74, 6) is 1.49. The van der Waals surface area contributed by atoms with Crippen LogP contribution in [0.2, 0.25) is 0 Å². The van der Waals surface area contributed by atoms with E-state index >= 15 is 0 Å². The van der Waals surface area contributed by atoms with E-state index in [0.717, 1.165) is 17.7 Å². The van der Waals surface area contributed by atoms with Crippen molar-refractivity contribution in [1.82, 2.24) is 9.97 Å². The van der Waals surface area contributed by atoms with Crippen LogP contribution in [0.25, 0.3) is 0 Å². The van der Waals surface area contributed by atoms with Crippen molar-refractivity contribution in [2.75, 3.05) is 5.73 Å². The van der Waals surface area contributed by atoms with Crippen molar-refractivity contribution in [3.8, 4) is 0 Å². The van der Waals surface area contributed by atoms with Gasteiger partial charge in [0.25, 0.3) is 0 Å². The zero-order chi connectivity index (χ0) is 13.0. The van der Waals surface area contributed by atoms with Gasteiger partial charge in [0.2, 0.25) is 0 Å². The molecule has 0 radical (unpaired) electrons. The molecule has 18 heavy (non-hydrogen) atoms. The minimum Gasteiger partial charge on any atom is -0.383 e. The fourth-order valence-electron chi connectivity index (χ4n) is 2.19. The third-order valence-electron chi connectivity index (χ3n) is 3.23. The summed E-state index contributed by atoms with van der Waals surface area (Å²) in [5, 5.41) is 0. The van der Waals surface area contributed by atoms with Crippen molar-refractivity contribution >= 4 is 5.82 Å². The Kier molecular flexibility index (Phi) is 3.92. The number of pyridine rings is 2. The average molecular weight is 241 g/mol. The van der Waals surface area contributed by atoms with Crippen molar-refractivity contribution in [1.29, 1.82) is 0 Å². The summed E-state index contributed by atoms with van der Waals surface area (Å²) < 4.78 is 0. The normalized spacial score (nSPS) is 12.6. The highest BCUT2D eigenvalue weighted by Gasteiger charge is 2.19. The van der Waals surface area contributed by atoms with Crippen molar-refractivity contribution in [3.05, 3.63) is 54.0 Å². The molecule has 0 amide bonds. The van der Waals surface area contributed by atoms with E-state index < -0.39 is 0 Å². The molecule has 0 aliphatic carbocycles. The Morgan fingerprint density at radius 3 is 2.44 bits per heavy atom. The summed E-state index contributed by atoms with van der Waals surface area (Å²) in [4.78, 5) is 8.58. The lowest BCUT2D eigenvalue weighted by Gasteiger charge is -2.22. The fourth-order valence-corrected chi connectivity index (χ4v) is 2.19. The SMILES string of the molecule is CC(C)[C@H](Cc1ccccn1)c1cccnc1N. The lowest BCUT2D eigenvalue weighted by molar-refractivity contribution is 0.491. The highest BCUT2D eigenvalue weighted by atomic mass is 14.8. The van der Waals surface area contributed by atoms with E-state index in [1.54, 1.807) is 6.20 Å². The first kappa shape index (κ1) is 12.6. The molecule has 0 fully saturated rings. The van der Waals surface area contributed by atoms with Gasteiger partial charge in [-0.25, -0.2) is 4.98 Å². The lowest BCUT2D eigenvalue weighted by Crippen LogP contribution is -2.13. The largest absolute Gasteiger partial charge is 0.383 e. The number of nitrogens with zero attached hydrogens (tertiary/aromatic N) is 2. The summed E-state index contributed by atoms with van der Waals surface area (Å²) in [7, 11) is 0. The number of aromatic nitrogens is 2. The van der Waals surface area contributed by atoms with Crippen LogP contribution in [0.3, 0.4) is 0 Å². The molecule has 1 atom stereocenters. The number of hydrogen-bond acceptors (Lipinski definition) is 3. The Labute approximate surface area is 108 Å². The molecule has 0 bridgehead atoms. The van der Waals surface area contributed by atoms with Crippen LogP contribution in [0.5, 0.6) is 0 Å². The van der Waals surface area contributed by atoms with Crippen molar-refractivity contribution in [2.45, 2.75) is 26.2 Å². The minimum absolute atomic E-state index is 0.355. The van der Waals surface area contributed by atoms with Crippen molar-refractivity contribution in [2.24, 2.45) is 5.92 Å². The molecule has 0 aromatic carbocycles. The summed E-state index contributed by atoms with van der Waals surface area (Å²) >= 11 is 0. The van der Waals surface area contributed by atoms with Crippen molar-refractivity contribution < 1.29 is 0 Å². The zero-order valence-electron chi connectivity index (χ0n) is 10.9. The Morgan fingerprint density at radius 2 is 1.83 bits per heavy atom. The van der Waals surface area contributed by atoms with Gasteiger partial charge in [0, 0.05) is 18.1 Å². The maximum atomic E-state index is 5.98. The van der Waals surface area contributed by atoms with E-state index in [4.69, 9.17) is 5.73 Å². The fraction of sp³-hybridized carbons (Fsp3) is 0.333. The predicted octanol–water partition coefficient (Wildman–Crippen LogP) is 3.04. The topological polar surface area (TPSA) is 51.8 Å². The lowest BCUT2D eigenvalue weighted by atomic mass is 9.85. The predicted molar refractivity (Wildman–Crippen MR) is 74.2 cm³/mol. The molecule has 0 aliphatic rings. The minimum atomic E-state index is 0.355. The van der Waals surface area contributed by atoms with Crippen LogP contribution in [0.4, 0.5) is 5.82 Å². The maximum Gasteiger partial charge on any atom is 0.126 e. The first-order valence-electron chi connectivity index (χ1n) is 6.28. The van der Waals surface area contributed by atoms with E-state index in [2.05, 4.69) is 35.9 Å². The third kappa shape index (κ3) is 2.86. The van der Waals surface area contributed by atoms with Gasteiger partial charge in [-0.1, -0.05) is 26.0 Å². The summed E-state index contributed by atoms with van der Waals surface area (Å²) in [6.45, 7) is 4.42. The molecule has 3 heteroatoms. The molecule has 0 spiro atoms. The van der Waals surface area contributed by atoms with Gasteiger partial charge in [-0.2, -0.15) is 0 Å². The van der Waals surface area contributed by atoms with Crippen LogP contribution in [-0.4, -0.2) is 9.97 Å². The Morgan fingerprint density at radius 1 is 1.06 bits per heavy atom. The Hall–Kier alpha value is -1.90. The van der Waals surface area contributed by atoms with E-state index in [-0.39, 0.29) is 0 Å². The van der Waals surface area contributed by atoms with E-state index in [1.165, 1.54) is 0 Å². The quantitative estimate of drug-likeness (QED) is 0.895. The number of anilines is 1. The standard InChI is InChI=1S/C15H19N3/c1-11(2)14(10-12-6-3-4-8-17-12)13-7-5-9-18-15(13)16/h3-9,11,14H,10H2,1-2H3,(H2,16,18)/t14-/m0/s1. The molecule has 0 saturated carbocycles. The van der Waals surface area contributed by atoms with Crippen LogP contribution >= 0.6 is 0 Å². The molecular weight excluding hydrogens is 222 g/mol. The highest BCUT2D eigenvalue weighted by Crippen LogP contribution is 2.30. The molecule has 94 valence electrons. The van der Waals surface area contributed by atoms with Gasteiger partial charge in [-0.15, -0.1) is 0 Å². The second kappa shape index (κ2) is 5.63. The first-order chi connectivity index (χ1) is 8.68. The first-order valence-corrected chi connectivity index (χ1v) is 6.28. The van der Waals surface area contributed by atoms with Gasteiger partial charge in [-0.3, -0.25) is 4.98 Å². The second-order valence-electron chi connectivity index (χ2n) is 4.85. The summed E-state index contributed by atoms with van der Waals surface area (Å²) in [6, 6.07) is 10.0. The number of hydrogen-bond donors (Lipinski definition) is 1. The van der Waals surface area contributed by atoms with E-state index in [1.807, 2.05) is 24.4 Å². The molecule has 0 unspecified atom stereocenters. The molecular formula is C15H19N3. The van der Waals surface area contributed by atoms with Crippen LogP contribution in [-0.2, 0) is 6.42 Å². The zero-order valence-corrected chi connectivity index (χ0v) is 10.9. The molecule has 2 aromatic rings. The molecule has 2 aromatic heterocycles. The number of nitrogen functional groups attached to an aromatic ring is 1. The smallest absolute Gasteiger partial charge is 0.126 e. The van der Waals surface area contributed by atoms with Crippen LogP contribution < -0.4 is 5.73 Å². The number of rotatable bonds is 4. The summed E-state index contributed by atoms with van der Waals surface area (Å²) in [6.07, 6.45) is 4.46. The highest BCUT2D eigenvalue weighted by molar-refractivity contribution is 5.42. The van der Waals surface area contributed by atoms with Gasteiger partial charge in [0.15, 0.2) is 0 Å². The summed E-state index contributed by atoms with van der Waals surface area (Å²) in [5.41, 5.74) is 8.20. The van der Waals surface area contributed by atoms with Gasteiger partial charge in [-0.05, 0) is 42.0 Å². The monoisotopic (exact) mass is 241 g/mol. The van der Waals surface area contributed by atoms with Crippen LogP contribution in [0.1, 0.15) is 31.0 Å². The molecule has 2 rings (SSSR count). The van der Waals surface area contributed by atoms with Gasteiger partial charge >= 0.3 is 0 Å². The second-order valence-corrected chi connectivity index (χ2v) is 4.85. The third-order valence-corrected chi connectivity index (χ3v) is 3.23. The van der Waals surface area contributed by atoms with Gasteiger partial charge < -0.3 is 5.73 Å². The van der Waals surface area contributed by atoms with E-state index in [9.17, 15) is 0 Å². The maximum absolute atomic E-state index is 5.98. The Bertz CT molecular complexity index is 494. The van der Waals surface area contributed by atoms with Crippen molar-refractivity contribution in [3.63, 3.8) is 0 Å². The Balaban J connectivity index is 2.27. The molecule has 2 heterocycles. The molecule has 0 saturated heterocycles. The molecule has 0 aliphatic heterocycles. The molecule has 3 nitrogen and oxygen atoms in total. The van der Waals surface area contributed by atoms with Gasteiger partial charge in [0.05, 0.1) is 0 Å². The van der Waals surface area contributed by atoms with Gasteiger partial charge in [0.1, 0.15) is 5.82 Å². The van der Waals surface area contributed by atoms with E-state index in [0.29, 0.717) is 17.7 Å². The average Bonchev–Trinajstić information content (AvgIpc) is 2.38. The van der Waals surface area contributed by atoms with Crippen LogP contribution in [0.15, 0.2) is 42.7 Å². The number of nitrogens with two attached hydrogens (primary N) is 1. The van der Waals surface area contributed by atoms with Crippen LogP contribution in [0, 0.1) is 5.92 Å². The molecule has 2 N–H and O–H groups in total.